The van der Waals surface area contributed by atoms with E-state index in [9.17, 15) is 5.11 Å². The first kappa shape index (κ1) is 14.6. The molecule has 1 aromatic heterocycles. The van der Waals surface area contributed by atoms with Crippen LogP contribution in [-0.2, 0) is 0 Å². The van der Waals surface area contributed by atoms with Crippen molar-refractivity contribution in [2.45, 2.75) is 63.8 Å². The molecule has 2 unspecified atom stereocenters. The molecule has 0 saturated heterocycles. The Bertz CT molecular complexity index is 529. The van der Waals surface area contributed by atoms with E-state index in [4.69, 9.17) is 10.7 Å². The number of nitrogens with two attached hydrogens (primary N) is 1. The number of hydrogen-bond acceptors (Lipinski definition) is 5. The Morgan fingerprint density at radius 3 is 2.71 bits per heavy atom. The lowest BCUT2D eigenvalue weighted by atomic mass is 9.77. The number of anilines is 2. The summed E-state index contributed by atoms with van der Waals surface area (Å²) in [5, 5.41) is 13.5. The van der Waals surface area contributed by atoms with E-state index in [1.54, 1.807) is 0 Å². The van der Waals surface area contributed by atoms with Gasteiger partial charge < -0.3 is 16.2 Å². The van der Waals surface area contributed by atoms with Gasteiger partial charge in [-0.25, -0.2) is 9.97 Å². The summed E-state index contributed by atoms with van der Waals surface area (Å²) < 4.78 is 0. The van der Waals surface area contributed by atoms with Gasteiger partial charge in [0.1, 0.15) is 17.5 Å². The average molecular weight is 290 g/mol. The zero-order valence-corrected chi connectivity index (χ0v) is 13.0. The minimum Gasteiger partial charge on any atom is -0.394 e. The van der Waals surface area contributed by atoms with Gasteiger partial charge in [-0.15, -0.1) is 0 Å². The second-order valence-corrected chi connectivity index (χ2v) is 6.98. The number of nitrogens with one attached hydrogen (secondary N) is 1. The van der Waals surface area contributed by atoms with Gasteiger partial charge in [0.2, 0.25) is 0 Å². The van der Waals surface area contributed by atoms with Crippen LogP contribution < -0.4 is 11.1 Å². The molecule has 1 heterocycles. The molecule has 2 saturated carbocycles. The molecule has 2 atom stereocenters. The monoisotopic (exact) mass is 290 g/mol. The second kappa shape index (κ2) is 5.44. The summed E-state index contributed by atoms with van der Waals surface area (Å²) in [7, 11) is 0. The smallest absolute Gasteiger partial charge is 0.136 e. The first-order valence-electron chi connectivity index (χ1n) is 8.06. The third kappa shape index (κ3) is 2.98. The summed E-state index contributed by atoms with van der Waals surface area (Å²) in [6, 6.07) is 0. The Hall–Kier alpha value is -1.36. The zero-order valence-electron chi connectivity index (χ0n) is 13.0. The van der Waals surface area contributed by atoms with E-state index in [1.165, 1.54) is 6.42 Å². The van der Waals surface area contributed by atoms with Crippen LogP contribution >= 0.6 is 0 Å². The first-order valence-corrected chi connectivity index (χ1v) is 8.06. The highest BCUT2D eigenvalue weighted by molar-refractivity contribution is 5.56. The van der Waals surface area contributed by atoms with Crippen LogP contribution in [0.1, 0.15) is 62.8 Å². The molecule has 0 spiro atoms. The van der Waals surface area contributed by atoms with Crippen LogP contribution in [0, 0.1) is 12.8 Å². The number of aromatic nitrogens is 2. The van der Waals surface area contributed by atoms with Crippen molar-refractivity contribution in [2.75, 3.05) is 17.7 Å². The molecule has 0 amide bonds. The molecule has 1 aromatic rings. The SMILES string of the molecule is Cc1c(N)nc(C2CC2)nc1NC1(CO)CCCC(C)C1. The van der Waals surface area contributed by atoms with Gasteiger partial charge in [0.25, 0.3) is 0 Å². The summed E-state index contributed by atoms with van der Waals surface area (Å²) in [4.78, 5) is 9.11. The number of rotatable bonds is 4. The molecular weight excluding hydrogens is 264 g/mol. The fourth-order valence-corrected chi connectivity index (χ4v) is 3.41. The second-order valence-electron chi connectivity index (χ2n) is 6.98. The molecule has 0 aromatic carbocycles. The van der Waals surface area contributed by atoms with Crippen molar-refractivity contribution < 1.29 is 5.11 Å². The molecule has 5 nitrogen and oxygen atoms in total. The lowest BCUT2D eigenvalue weighted by Crippen LogP contribution is -2.46. The highest BCUT2D eigenvalue weighted by atomic mass is 16.3. The molecular formula is C16H26N4O. The van der Waals surface area contributed by atoms with Crippen LogP contribution in [0.2, 0.25) is 0 Å². The van der Waals surface area contributed by atoms with Crippen LogP contribution in [0.5, 0.6) is 0 Å². The molecule has 21 heavy (non-hydrogen) atoms. The van der Waals surface area contributed by atoms with Gasteiger partial charge in [-0.3, -0.25) is 0 Å². The molecule has 5 heteroatoms. The van der Waals surface area contributed by atoms with E-state index >= 15 is 0 Å². The summed E-state index contributed by atoms with van der Waals surface area (Å²) in [6.07, 6.45) is 6.65. The molecule has 0 aliphatic heterocycles. The van der Waals surface area contributed by atoms with Crippen molar-refractivity contribution in [1.29, 1.82) is 0 Å². The predicted octanol–water partition coefficient (Wildman–Crippen LogP) is 2.60. The molecule has 4 N–H and O–H groups in total. The van der Waals surface area contributed by atoms with Crippen molar-refractivity contribution in [1.82, 2.24) is 9.97 Å². The maximum atomic E-state index is 9.93. The van der Waals surface area contributed by atoms with E-state index in [2.05, 4.69) is 17.2 Å². The minimum absolute atomic E-state index is 0.138. The van der Waals surface area contributed by atoms with E-state index in [1.807, 2.05) is 6.92 Å². The first-order chi connectivity index (χ1) is 10.0. The standard InChI is InChI=1S/C16H26N4O/c1-10-4-3-7-16(8-10,9-21)20-14-11(2)13(17)18-15(19-14)12-5-6-12/h10,12,21H,3-9H2,1-2H3,(H3,17,18,19,20). The third-order valence-corrected chi connectivity index (χ3v) is 4.92. The molecule has 3 rings (SSSR count). The van der Waals surface area contributed by atoms with Gasteiger partial charge in [-0.1, -0.05) is 19.8 Å². The van der Waals surface area contributed by atoms with Gasteiger partial charge >= 0.3 is 0 Å². The molecule has 0 radical (unpaired) electrons. The van der Waals surface area contributed by atoms with Gasteiger partial charge in [-0.2, -0.15) is 0 Å². The van der Waals surface area contributed by atoms with Crippen molar-refractivity contribution in [3.05, 3.63) is 11.4 Å². The zero-order chi connectivity index (χ0) is 15.0. The Balaban J connectivity index is 1.88. The molecule has 2 aliphatic rings. The largest absolute Gasteiger partial charge is 0.394 e. The normalized spacial score (nSPS) is 29.4. The topological polar surface area (TPSA) is 84.1 Å². The van der Waals surface area contributed by atoms with E-state index in [0.717, 1.165) is 49.3 Å². The molecule has 0 bridgehead atoms. The van der Waals surface area contributed by atoms with Crippen LogP contribution in [0.15, 0.2) is 0 Å². The Kier molecular flexibility index (Phi) is 3.78. The van der Waals surface area contributed by atoms with E-state index in [-0.39, 0.29) is 12.1 Å². The Labute approximate surface area is 126 Å². The van der Waals surface area contributed by atoms with E-state index < -0.39 is 0 Å². The van der Waals surface area contributed by atoms with Crippen LogP contribution in [0.4, 0.5) is 11.6 Å². The fourth-order valence-electron chi connectivity index (χ4n) is 3.41. The van der Waals surface area contributed by atoms with Gasteiger partial charge in [0, 0.05) is 11.5 Å². The lowest BCUT2D eigenvalue weighted by molar-refractivity contribution is 0.149. The number of nitrogens with zero attached hydrogens (tertiary/aromatic N) is 2. The quantitative estimate of drug-likeness (QED) is 0.794. The summed E-state index contributed by atoms with van der Waals surface area (Å²) in [6.45, 7) is 4.34. The highest BCUT2D eigenvalue weighted by Gasteiger charge is 2.36. The lowest BCUT2D eigenvalue weighted by Gasteiger charge is -2.40. The van der Waals surface area contributed by atoms with Gasteiger partial charge in [0.05, 0.1) is 12.1 Å². The maximum Gasteiger partial charge on any atom is 0.136 e. The van der Waals surface area contributed by atoms with Gasteiger partial charge in [0.15, 0.2) is 0 Å². The van der Waals surface area contributed by atoms with Crippen LogP contribution in [0.25, 0.3) is 0 Å². The Morgan fingerprint density at radius 2 is 2.10 bits per heavy atom. The van der Waals surface area contributed by atoms with E-state index in [0.29, 0.717) is 17.7 Å². The van der Waals surface area contributed by atoms with Crippen molar-refractivity contribution >= 4 is 11.6 Å². The summed E-state index contributed by atoms with van der Waals surface area (Å²) in [5.74, 6) is 3.33. The predicted molar refractivity (Wildman–Crippen MR) is 84.2 cm³/mol. The number of aliphatic hydroxyl groups is 1. The van der Waals surface area contributed by atoms with Crippen molar-refractivity contribution in [3.63, 3.8) is 0 Å². The van der Waals surface area contributed by atoms with Gasteiger partial charge in [-0.05, 0) is 38.5 Å². The van der Waals surface area contributed by atoms with Crippen molar-refractivity contribution in [3.8, 4) is 0 Å². The fraction of sp³-hybridized carbons (Fsp3) is 0.750. The molecule has 2 fully saturated rings. The molecule has 116 valence electrons. The van der Waals surface area contributed by atoms with Crippen LogP contribution in [0.3, 0.4) is 0 Å². The minimum atomic E-state index is -0.260. The average Bonchev–Trinajstić information content (AvgIpc) is 3.28. The number of nitrogen functional groups attached to an aromatic ring is 1. The molecule has 2 aliphatic carbocycles. The summed E-state index contributed by atoms with van der Waals surface area (Å²) in [5.41, 5.74) is 6.68. The van der Waals surface area contributed by atoms with Crippen LogP contribution in [-0.4, -0.2) is 27.2 Å². The highest BCUT2D eigenvalue weighted by Crippen LogP contribution is 2.40. The number of aliphatic hydroxyl groups excluding tert-OH is 1. The number of hydrogen-bond donors (Lipinski definition) is 3. The maximum absolute atomic E-state index is 9.93. The Morgan fingerprint density at radius 1 is 1.33 bits per heavy atom. The van der Waals surface area contributed by atoms with Crippen molar-refractivity contribution in [2.24, 2.45) is 5.92 Å². The summed E-state index contributed by atoms with van der Waals surface area (Å²) >= 11 is 0. The third-order valence-electron chi connectivity index (χ3n) is 4.92.